The predicted molar refractivity (Wildman–Crippen MR) is 91.7 cm³/mol. The summed E-state index contributed by atoms with van der Waals surface area (Å²) in [6.07, 6.45) is 5.57. The van der Waals surface area contributed by atoms with E-state index in [1.165, 1.54) is 0 Å². The van der Waals surface area contributed by atoms with Crippen LogP contribution in [0.4, 0.5) is 0 Å². The van der Waals surface area contributed by atoms with Crippen LogP contribution in [0.3, 0.4) is 0 Å². The van der Waals surface area contributed by atoms with Gasteiger partial charge in [0.1, 0.15) is 0 Å². The molecule has 1 saturated heterocycles. The Morgan fingerprint density at radius 2 is 2.25 bits per heavy atom. The molecule has 0 radical (unpaired) electrons. The van der Waals surface area contributed by atoms with Crippen LogP contribution in [-0.4, -0.2) is 40.3 Å². The fourth-order valence-corrected chi connectivity index (χ4v) is 4.52. The number of pyridine rings is 1. The summed E-state index contributed by atoms with van der Waals surface area (Å²) in [6, 6.07) is 5.97. The number of likely N-dealkylation sites (tertiary alicyclic amines) is 1. The third-order valence-electron chi connectivity index (χ3n) is 5.04. The van der Waals surface area contributed by atoms with Gasteiger partial charge in [-0.25, -0.2) is 0 Å². The van der Waals surface area contributed by atoms with Crippen molar-refractivity contribution in [3.63, 3.8) is 0 Å². The van der Waals surface area contributed by atoms with E-state index in [2.05, 4.69) is 10.3 Å². The Labute approximate surface area is 144 Å². The van der Waals surface area contributed by atoms with Crippen molar-refractivity contribution in [1.29, 1.82) is 0 Å². The molecule has 2 aromatic rings. The molecule has 5 nitrogen and oxygen atoms in total. The van der Waals surface area contributed by atoms with E-state index < -0.39 is 0 Å². The van der Waals surface area contributed by atoms with Gasteiger partial charge < -0.3 is 10.2 Å². The average molecular weight is 341 g/mol. The van der Waals surface area contributed by atoms with Gasteiger partial charge in [0.05, 0.1) is 12.0 Å². The van der Waals surface area contributed by atoms with Gasteiger partial charge in [-0.15, -0.1) is 0 Å². The molecule has 1 saturated carbocycles. The fraction of sp³-hybridized carbons (Fsp3) is 0.389. The zero-order valence-corrected chi connectivity index (χ0v) is 14.0. The first-order valence-electron chi connectivity index (χ1n) is 8.22. The number of thiophene rings is 1. The summed E-state index contributed by atoms with van der Waals surface area (Å²) in [5.74, 6) is 0.497. The maximum Gasteiger partial charge on any atom is 0.253 e. The largest absolute Gasteiger partial charge is 0.349 e. The number of carbonyl (C=O) groups is 2. The van der Waals surface area contributed by atoms with Crippen molar-refractivity contribution in [3.05, 3.63) is 52.5 Å². The molecule has 6 heteroatoms. The first-order valence-corrected chi connectivity index (χ1v) is 9.16. The number of nitrogens with zero attached hydrogens (tertiary/aromatic N) is 2. The molecular weight excluding hydrogens is 322 g/mol. The van der Waals surface area contributed by atoms with Crippen LogP contribution in [0.25, 0.3) is 0 Å². The molecule has 2 aliphatic rings. The smallest absolute Gasteiger partial charge is 0.253 e. The first-order chi connectivity index (χ1) is 11.7. The highest BCUT2D eigenvalue weighted by molar-refractivity contribution is 7.08. The van der Waals surface area contributed by atoms with Crippen LogP contribution in [0.1, 0.15) is 28.8 Å². The van der Waals surface area contributed by atoms with Gasteiger partial charge in [0.15, 0.2) is 0 Å². The number of hydrogen-bond acceptors (Lipinski definition) is 4. The van der Waals surface area contributed by atoms with E-state index in [9.17, 15) is 9.59 Å². The number of carbonyl (C=O) groups excluding carboxylic acids is 2. The Balaban J connectivity index is 1.34. The van der Waals surface area contributed by atoms with E-state index in [0.717, 1.165) is 24.9 Å². The minimum absolute atomic E-state index is 0.0724. The van der Waals surface area contributed by atoms with Crippen molar-refractivity contribution in [2.75, 3.05) is 6.54 Å². The van der Waals surface area contributed by atoms with Crippen LogP contribution >= 0.6 is 11.3 Å². The number of fused-ring (bicyclic) bond motifs is 2. The fourth-order valence-electron chi connectivity index (χ4n) is 3.85. The lowest BCUT2D eigenvalue weighted by atomic mass is 10.0. The second kappa shape index (κ2) is 6.36. The highest BCUT2D eigenvalue weighted by atomic mass is 32.1. The van der Waals surface area contributed by atoms with Gasteiger partial charge in [0, 0.05) is 31.0 Å². The Morgan fingerprint density at radius 1 is 1.33 bits per heavy atom. The first kappa shape index (κ1) is 15.3. The highest BCUT2D eigenvalue weighted by Gasteiger charge is 2.46. The lowest BCUT2D eigenvalue weighted by Crippen LogP contribution is -2.48. The number of amides is 2. The molecule has 0 aromatic carbocycles. The van der Waals surface area contributed by atoms with Crippen molar-refractivity contribution in [2.45, 2.75) is 31.3 Å². The molecule has 3 atom stereocenters. The minimum atomic E-state index is -0.0724. The summed E-state index contributed by atoms with van der Waals surface area (Å²) < 4.78 is 0. The molecule has 2 aromatic heterocycles. The molecule has 3 unspecified atom stereocenters. The van der Waals surface area contributed by atoms with Crippen molar-refractivity contribution >= 4 is 23.2 Å². The Morgan fingerprint density at radius 3 is 2.92 bits per heavy atom. The Kier molecular flexibility index (Phi) is 4.06. The second-order valence-corrected chi connectivity index (χ2v) is 7.34. The topological polar surface area (TPSA) is 62.3 Å². The summed E-state index contributed by atoms with van der Waals surface area (Å²) >= 11 is 1.62. The third-order valence-corrected chi connectivity index (χ3v) is 5.77. The van der Waals surface area contributed by atoms with Crippen LogP contribution < -0.4 is 5.32 Å². The average Bonchev–Trinajstić information content (AvgIpc) is 3.32. The lowest BCUT2D eigenvalue weighted by Gasteiger charge is -2.32. The van der Waals surface area contributed by atoms with Gasteiger partial charge in [0.25, 0.3) is 5.91 Å². The zero-order chi connectivity index (χ0) is 16.5. The molecule has 1 N–H and O–H groups in total. The molecule has 24 heavy (non-hydrogen) atoms. The van der Waals surface area contributed by atoms with E-state index in [1.54, 1.807) is 35.9 Å². The maximum absolute atomic E-state index is 12.5. The van der Waals surface area contributed by atoms with Gasteiger partial charge in [-0.05, 0) is 53.3 Å². The predicted octanol–water partition coefficient (Wildman–Crippen LogP) is 2.10. The third kappa shape index (κ3) is 2.94. The summed E-state index contributed by atoms with van der Waals surface area (Å²) in [5.41, 5.74) is 1.68. The standard InChI is InChI=1S/C18H19N3O2S/c22-17(6-12-3-5-24-11-12)21-10-14-7-15(21)8-16(14)20-18(23)13-2-1-4-19-9-13/h1-5,9,11,14-16H,6-8,10H2,(H,20,23). The van der Waals surface area contributed by atoms with E-state index >= 15 is 0 Å². The number of piperidine rings is 1. The molecule has 1 aliphatic carbocycles. The molecule has 1 aliphatic heterocycles. The van der Waals surface area contributed by atoms with E-state index in [1.807, 2.05) is 21.7 Å². The van der Waals surface area contributed by atoms with Crippen molar-refractivity contribution < 1.29 is 9.59 Å². The molecule has 2 bridgehead atoms. The van der Waals surface area contributed by atoms with E-state index in [4.69, 9.17) is 0 Å². The molecule has 124 valence electrons. The quantitative estimate of drug-likeness (QED) is 0.926. The van der Waals surface area contributed by atoms with Gasteiger partial charge in [-0.3, -0.25) is 14.6 Å². The van der Waals surface area contributed by atoms with Gasteiger partial charge in [-0.1, -0.05) is 0 Å². The number of hydrogen-bond donors (Lipinski definition) is 1. The van der Waals surface area contributed by atoms with Crippen LogP contribution in [0.15, 0.2) is 41.4 Å². The molecule has 4 rings (SSSR count). The number of aromatic nitrogens is 1. The normalized spacial score (nSPS) is 25.0. The van der Waals surface area contributed by atoms with Crippen LogP contribution in [0.2, 0.25) is 0 Å². The summed E-state index contributed by atoms with van der Waals surface area (Å²) in [7, 11) is 0. The number of rotatable bonds is 4. The molecular formula is C18H19N3O2S. The van der Waals surface area contributed by atoms with Crippen molar-refractivity contribution in [1.82, 2.24) is 15.2 Å². The second-order valence-electron chi connectivity index (χ2n) is 6.56. The highest BCUT2D eigenvalue weighted by Crippen LogP contribution is 2.38. The summed E-state index contributed by atoms with van der Waals surface area (Å²) in [4.78, 5) is 30.8. The zero-order valence-electron chi connectivity index (χ0n) is 13.2. The minimum Gasteiger partial charge on any atom is -0.349 e. The van der Waals surface area contributed by atoms with Crippen LogP contribution in [0.5, 0.6) is 0 Å². The summed E-state index contributed by atoms with van der Waals surface area (Å²) in [5, 5.41) is 7.15. The monoisotopic (exact) mass is 341 g/mol. The molecule has 3 heterocycles. The maximum atomic E-state index is 12.5. The lowest BCUT2D eigenvalue weighted by molar-refractivity contribution is -0.132. The van der Waals surface area contributed by atoms with Crippen molar-refractivity contribution in [3.8, 4) is 0 Å². The Hall–Kier alpha value is -2.21. The van der Waals surface area contributed by atoms with Gasteiger partial charge >= 0.3 is 0 Å². The van der Waals surface area contributed by atoms with Crippen LogP contribution in [-0.2, 0) is 11.2 Å². The molecule has 2 fully saturated rings. The summed E-state index contributed by atoms with van der Waals surface area (Å²) in [6.45, 7) is 0.756. The van der Waals surface area contributed by atoms with Gasteiger partial charge in [-0.2, -0.15) is 11.3 Å². The SMILES string of the molecule is O=C(NC1CC2CC1CN2C(=O)Cc1ccsc1)c1cccnc1. The molecule has 2 amide bonds. The van der Waals surface area contributed by atoms with Crippen molar-refractivity contribution in [2.24, 2.45) is 5.92 Å². The Bertz CT molecular complexity index is 732. The van der Waals surface area contributed by atoms with E-state index in [0.29, 0.717) is 17.9 Å². The molecule has 0 spiro atoms. The van der Waals surface area contributed by atoms with E-state index in [-0.39, 0.29) is 23.9 Å². The van der Waals surface area contributed by atoms with Gasteiger partial charge in [0.2, 0.25) is 5.91 Å². The number of nitrogens with one attached hydrogen (secondary N) is 1. The van der Waals surface area contributed by atoms with Crippen LogP contribution in [0, 0.1) is 5.92 Å².